The Morgan fingerprint density at radius 1 is 1.03 bits per heavy atom. The summed E-state index contributed by atoms with van der Waals surface area (Å²) in [6, 6.07) is 16.0. The third kappa shape index (κ3) is 4.22. The van der Waals surface area contributed by atoms with E-state index in [4.69, 9.17) is 24.0 Å². The van der Waals surface area contributed by atoms with E-state index in [-0.39, 0.29) is 6.29 Å². The molecule has 6 nitrogen and oxygen atoms in total. The first-order valence-corrected chi connectivity index (χ1v) is 9.81. The molecule has 1 aliphatic rings. The van der Waals surface area contributed by atoms with Crippen molar-refractivity contribution in [2.45, 2.75) is 32.6 Å². The van der Waals surface area contributed by atoms with Crippen molar-refractivity contribution in [3.05, 3.63) is 59.8 Å². The molecule has 0 spiro atoms. The number of aryl methyl sites for hydroxylation is 1. The topological polar surface area (TPSA) is 54.7 Å². The highest BCUT2D eigenvalue weighted by Crippen LogP contribution is 2.35. The zero-order valence-corrected chi connectivity index (χ0v) is 17.1. The molecule has 29 heavy (non-hydrogen) atoms. The molecule has 0 bridgehead atoms. The third-order valence-electron chi connectivity index (χ3n) is 5.02. The van der Waals surface area contributed by atoms with E-state index in [2.05, 4.69) is 12.1 Å². The minimum Gasteiger partial charge on any atom is -0.496 e. The van der Waals surface area contributed by atoms with Crippen molar-refractivity contribution in [1.29, 1.82) is 0 Å². The van der Waals surface area contributed by atoms with Crippen molar-refractivity contribution in [1.82, 2.24) is 9.78 Å². The van der Waals surface area contributed by atoms with E-state index in [9.17, 15) is 0 Å². The molecule has 6 heteroatoms. The summed E-state index contributed by atoms with van der Waals surface area (Å²) in [4.78, 5) is 0. The van der Waals surface area contributed by atoms with Crippen molar-refractivity contribution >= 4 is 0 Å². The quantitative estimate of drug-likeness (QED) is 0.593. The van der Waals surface area contributed by atoms with Gasteiger partial charge in [-0.2, -0.15) is 5.10 Å². The van der Waals surface area contributed by atoms with Crippen molar-refractivity contribution < 1.29 is 18.9 Å². The lowest BCUT2D eigenvalue weighted by atomic mass is 10.1. The summed E-state index contributed by atoms with van der Waals surface area (Å²) in [5.74, 6) is 2.22. The molecular weight excluding hydrogens is 368 g/mol. The lowest BCUT2D eigenvalue weighted by Crippen LogP contribution is -2.14. The van der Waals surface area contributed by atoms with Gasteiger partial charge < -0.3 is 18.9 Å². The summed E-state index contributed by atoms with van der Waals surface area (Å²) in [6.07, 6.45) is 1.68. The number of ether oxygens (including phenoxy) is 4. The van der Waals surface area contributed by atoms with Crippen LogP contribution in [0.5, 0.6) is 17.2 Å². The highest BCUT2D eigenvalue weighted by atomic mass is 16.7. The van der Waals surface area contributed by atoms with Crippen LogP contribution in [0.2, 0.25) is 0 Å². The van der Waals surface area contributed by atoms with Crippen LogP contribution in [0.3, 0.4) is 0 Å². The molecule has 2 aromatic carbocycles. The third-order valence-corrected chi connectivity index (χ3v) is 5.02. The monoisotopic (exact) mass is 394 g/mol. The first kappa shape index (κ1) is 19.3. The fraction of sp³-hybridized carbons (Fsp3) is 0.348. The molecule has 0 radical (unpaired) electrons. The minimum atomic E-state index is -0.223. The predicted octanol–water partition coefficient (Wildman–Crippen LogP) is 4.44. The molecule has 1 aliphatic heterocycles. The minimum absolute atomic E-state index is 0.223. The fourth-order valence-electron chi connectivity index (χ4n) is 3.60. The maximum atomic E-state index is 6.06. The van der Waals surface area contributed by atoms with Gasteiger partial charge in [0.25, 0.3) is 0 Å². The van der Waals surface area contributed by atoms with Crippen molar-refractivity contribution in [3.63, 3.8) is 0 Å². The van der Waals surface area contributed by atoms with Crippen molar-refractivity contribution in [3.8, 4) is 28.5 Å². The van der Waals surface area contributed by atoms with Crippen LogP contribution in [0.1, 0.15) is 24.1 Å². The molecule has 1 unspecified atom stereocenters. The number of hydrogen-bond donors (Lipinski definition) is 0. The second-order valence-corrected chi connectivity index (χ2v) is 7.07. The van der Waals surface area contributed by atoms with Crippen LogP contribution >= 0.6 is 0 Å². The largest absolute Gasteiger partial charge is 0.496 e. The normalized spacial score (nSPS) is 16.0. The standard InChI is InChI=1S/C23H26N2O4/c1-16-13-19(25(24-16)15-18-7-4-5-8-20(18)26-2)17-10-11-21(27-3)22(14-17)29-23-9-6-12-28-23/h4-5,7-8,10-11,13-14,23H,6,9,12,15H2,1-3H3. The summed E-state index contributed by atoms with van der Waals surface area (Å²) in [5, 5.41) is 4.70. The smallest absolute Gasteiger partial charge is 0.200 e. The number of benzene rings is 2. The van der Waals surface area contributed by atoms with Crippen LogP contribution in [0.25, 0.3) is 11.3 Å². The maximum absolute atomic E-state index is 6.06. The van der Waals surface area contributed by atoms with Gasteiger partial charge in [-0.3, -0.25) is 4.68 Å². The molecule has 1 aromatic heterocycles. The van der Waals surface area contributed by atoms with E-state index in [1.54, 1.807) is 14.2 Å². The number of methoxy groups -OCH3 is 2. The second kappa shape index (κ2) is 8.57. The van der Waals surface area contributed by atoms with Crippen LogP contribution in [0, 0.1) is 6.92 Å². The molecule has 0 N–H and O–H groups in total. The molecule has 2 heterocycles. The van der Waals surface area contributed by atoms with Crippen molar-refractivity contribution in [2.24, 2.45) is 0 Å². The average molecular weight is 394 g/mol. The van der Waals surface area contributed by atoms with Crippen molar-refractivity contribution in [2.75, 3.05) is 20.8 Å². The Kier molecular flexibility index (Phi) is 5.71. The number of rotatable bonds is 7. The van der Waals surface area contributed by atoms with Gasteiger partial charge in [-0.1, -0.05) is 18.2 Å². The predicted molar refractivity (Wildman–Crippen MR) is 111 cm³/mol. The number of nitrogens with zero attached hydrogens (tertiary/aromatic N) is 2. The zero-order chi connectivity index (χ0) is 20.2. The Balaban J connectivity index is 1.68. The Hall–Kier alpha value is -2.99. The van der Waals surface area contributed by atoms with Crippen LogP contribution in [0.4, 0.5) is 0 Å². The average Bonchev–Trinajstić information content (AvgIpc) is 3.38. The van der Waals surface area contributed by atoms with Gasteiger partial charge in [0.2, 0.25) is 0 Å². The first-order valence-electron chi connectivity index (χ1n) is 9.81. The Morgan fingerprint density at radius 2 is 1.86 bits per heavy atom. The Morgan fingerprint density at radius 3 is 2.62 bits per heavy atom. The van der Waals surface area contributed by atoms with E-state index in [0.717, 1.165) is 47.7 Å². The molecule has 1 atom stereocenters. The maximum Gasteiger partial charge on any atom is 0.200 e. The van der Waals surface area contributed by atoms with E-state index >= 15 is 0 Å². The number of para-hydroxylation sites is 1. The molecular formula is C23H26N2O4. The molecule has 4 rings (SSSR count). The van der Waals surface area contributed by atoms with Gasteiger partial charge in [0.1, 0.15) is 5.75 Å². The summed E-state index contributed by atoms with van der Waals surface area (Å²) >= 11 is 0. The van der Waals surface area contributed by atoms with Gasteiger partial charge in [-0.05, 0) is 43.7 Å². The number of aromatic nitrogens is 2. The van der Waals surface area contributed by atoms with E-state index in [0.29, 0.717) is 18.0 Å². The summed E-state index contributed by atoms with van der Waals surface area (Å²) in [6.45, 7) is 3.34. The van der Waals surface area contributed by atoms with Crippen LogP contribution in [-0.4, -0.2) is 36.9 Å². The van der Waals surface area contributed by atoms with Gasteiger partial charge in [-0.15, -0.1) is 0 Å². The van der Waals surface area contributed by atoms with E-state index < -0.39 is 0 Å². The molecule has 152 valence electrons. The van der Waals surface area contributed by atoms with Gasteiger partial charge in [0.05, 0.1) is 38.8 Å². The van der Waals surface area contributed by atoms with Gasteiger partial charge in [0, 0.05) is 17.5 Å². The highest BCUT2D eigenvalue weighted by Gasteiger charge is 2.20. The molecule has 0 saturated carbocycles. The Bertz CT molecular complexity index is 977. The molecule has 0 aliphatic carbocycles. The fourth-order valence-corrected chi connectivity index (χ4v) is 3.60. The van der Waals surface area contributed by atoms with E-state index in [1.807, 2.05) is 48.0 Å². The van der Waals surface area contributed by atoms with Crippen LogP contribution < -0.4 is 14.2 Å². The molecule has 3 aromatic rings. The van der Waals surface area contributed by atoms with Crippen LogP contribution in [0.15, 0.2) is 48.5 Å². The Labute approximate surface area is 171 Å². The molecule has 1 saturated heterocycles. The second-order valence-electron chi connectivity index (χ2n) is 7.07. The van der Waals surface area contributed by atoms with E-state index in [1.165, 1.54) is 0 Å². The summed E-state index contributed by atoms with van der Waals surface area (Å²) in [5.41, 5.74) is 4.04. The van der Waals surface area contributed by atoms with Gasteiger partial charge >= 0.3 is 0 Å². The highest BCUT2D eigenvalue weighted by molar-refractivity contribution is 5.65. The summed E-state index contributed by atoms with van der Waals surface area (Å²) < 4.78 is 24.7. The zero-order valence-electron chi connectivity index (χ0n) is 17.1. The van der Waals surface area contributed by atoms with Crippen LogP contribution in [-0.2, 0) is 11.3 Å². The van der Waals surface area contributed by atoms with Gasteiger partial charge in [-0.25, -0.2) is 0 Å². The molecule has 0 amide bonds. The SMILES string of the molecule is COc1ccccc1Cn1nc(C)cc1-c1ccc(OC)c(OC2CCCO2)c1. The number of hydrogen-bond acceptors (Lipinski definition) is 5. The summed E-state index contributed by atoms with van der Waals surface area (Å²) in [7, 11) is 3.33. The lowest BCUT2D eigenvalue weighted by Gasteiger charge is -2.17. The first-order chi connectivity index (χ1) is 14.2. The van der Waals surface area contributed by atoms with Gasteiger partial charge in [0.15, 0.2) is 17.8 Å². The lowest BCUT2D eigenvalue weighted by molar-refractivity contribution is -0.0402. The molecule has 1 fully saturated rings.